The fraction of sp³-hybridized carbons (Fsp3) is 0.667. The van der Waals surface area contributed by atoms with Crippen molar-refractivity contribution >= 4 is 35.8 Å². The molecule has 2 aliphatic rings. The van der Waals surface area contributed by atoms with Gasteiger partial charge in [-0.15, -0.1) is 24.0 Å². The molecule has 2 saturated heterocycles. The summed E-state index contributed by atoms with van der Waals surface area (Å²) in [7, 11) is 2.17. The second-order valence-electron chi connectivity index (χ2n) is 7.12. The van der Waals surface area contributed by atoms with Crippen LogP contribution in [0.3, 0.4) is 0 Å². The maximum absolute atomic E-state index is 6.22. The summed E-state index contributed by atoms with van der Waals surface area (Å²) < 4.78 is 0. The van der Waals surface area contributed by atoms with E-state index in [1.807, 2.05) is 12.3 Å². The smallest absolute Gasteiger partial charge is 0.191 e. The number of piperazine rings is 1. The first-order valence-corrected chi connectivity index (χ1v) is 9.05. The van der Waals surface area contributed by atoms with Crippen molar-refractivity contribution in [3.63, 3.8) is 0 Å². The number of halogens is 1. The van der Waals surface area contributed by atoms with Gasteiger partial charge in [0.2, 0.25) is 0 Å². The van der Waals surface area contributed by atoms with Crippen LogP contribution in [-0.4, -0.2) is 67.1 Å². The number of piperidine rings is 1. The number of hydrogen-bond acceptors (Lipinski definition) is 4. The molecule has 0 radical (unpaired) electrons. The zero-order valence-electron chi connectivity index (χ0n) is 15.4. The summed E-state index contributed by atoms with van der Waals surface area (Å²) >= 11 is 0. The number of nitrogens with two attached hydrogens (primary N) is 1. The van der Waals surface area contributed by atoms with Crippen LogP contribution in [-0.2, 0) is 6.54 Å². The number of aromatic nitrogens is 1. The van der Waals surface area contributed by atoms with E-state index in [-0.39, 0.29) is 24.0 Å². The van der Waals surface area contributed by atoms with Gasteiger partial charge in [-0.3, -0.25) is 0 Å². The van der Waals surface area contributed by atoms with Gasteiger partial charge < -0.3 is 20.4 Å². The van der Waals surface area contributed by atoms with E-state index in [1.165, 1.54) is 12.8 Å². The highest BCUT2D eigenvalue weighted by Crippen LogP contribution is 2.20. The molecule has 7 heteroatoms. The van der Waals surface area contributed by atoms with E-state index >= 15 is 0 Å². The largest absolute Gasteiger partial charge is 0.370 e. The number of guanidine groups is 1. The third-order valence-corrected chi connectivity index (χ3v) is 5.19. The van der Waals surface area contributed by atoms with Crippen LogP contribution in [0.2, 0.25) is 0 Å². The molecule has 1 aromatic rings. The minimum Gasteiger partial charge on any atom is -0.370 e. The average Bonchev–Trinajstić information content (AvgIpc) is 2.61. The third kappa shape index (κ3) is 5.44. The Bertz CT molecular complexity index is 562. The maximum atomic E-state index is 6.22. The van der Waals surface area contributed by atoms with Gasteiger partial charge in [0.15, 0.2) is 5.96 Å². The van der Waals surface area contributed by atoms with Crippen LogP contribution >= 0.6 is 24.0 Å². The van der Waals surface area contributed by atoms with E-state index in [0.717, 1.165) is 56.6 Å². The molecule has 0 bridgehead atoms. The third-order valence-electron chi connectivity index (χ3n) is 5.19. The Morgan fingerprint density at radius 1 is 1.20 bits per heavy atom. The minimum atomic E-state index is 0. The zero-order valence-corrected chi connectivity index (χ0v) is 17.7. The van der Waals surface area contributed by atoms with Crippen LogP contribution in [0.1, 0.15) is 25.3 Å². The number of likely N-dealkylation sites (tertiary alicyclic amines) is 1. The summed E-state index contributed by atoms with van der Waals surface area (Å²) in [6, 6.07) is 4.11. The quantitative estimate of drug-likeness (QED) is 0.427. The first-order chi connectivity index (χ1) is 11.6. The van der Waals surface area contributed by atoms with Gasteiger partial charge in [0.05, 0.1) is 6.54 Å². The molecule has 0 aromatic carbocycles. The summed E-state index contributed by atoms with van der Waals surface area (Å²) in [4.78, 5) is 16.2. The van der Waals surface area contributed by atoms with E-state index in [4.69, 9.17) is 5.73 Å². The molecule has 3 heterocycles. The molecule has 25 heavy (non-hydrogen) atoms. The molecule has 3 rings (SSSR count). The van der Waals surface area contributed by atoms with Gasteiger partial charge in [0.1, 0.15) is 5.82 Å². The van der Waals surface area contributed by atoms with Gasteiger partial charge in [-0.2, -0.15) is 0 Å². The Labute approximate surface area is 168 Å². The predicted molar refractivity (Wildman–Crippen MR) is 115 cm³/mol. The molecule has 0 aliphatic carbocycles. The predicted octanol–water partition coefficient (Wildman–Crippen LogP) is 2.00. The highest BCUT2D eigenvalue weighted by Gasteiger charge is 2.19. The van der Waals surface area contributed by atoms with Crippen LogP contribution < -0.4 is 10.6 Å². The van der Waals surface area contributed by atoms with Crippen LogP contribution in [0.25, 0.3) is 0 Å². The van der Waals surface area contributed by atoms with Crippen molar-refractivity contribution in [1.82, 2.24) is 14.8 Å². The summed E-state index contributed by atoms with van der Waals surface area (Å²) in [5.41, 5.74) is 7.39. The van der Waals surface area contributed by atoms with Crippen LogP contribution in [0.15, 0.2) is 23.3 Å². The molecule has 0 saturated carbocycles. The van der Waals surface area contributed by atoms with Crippen LogP contribution in [0.5, 0.6) is 0 Å². The molecule has 0 atom stereocenters. The van der Waals surface area contributed by atoms with E-state index in [1.54, 1.807) is 0 Å². The SMILES string of the molecule is CC1CCN(C(N)=NCc2cccnc2N2CCN(C)CC2)CC1.I. The van der Waals surface area contributed by atoms with Gasteiger partial charge in [-0.05, 0) is 31.9 Å². The van der Waals surface area contributed by atoms with Gasteiger partial charge >= 0.3 is 0 Å². The molecular weight excluding hydrogens is 427 g/mol. The Balaban J connectivity index is 0.00000225. The summed E-state index contributed by atoms with van der Waals surface area (Å²) in [6.45, 7) is 9.15. The molecule has 0 unspecified atom stereocenters. The molecule has 1 aromatic heterocycles. The number of hydrogen-bond donors (Lipinski definition) is 1. The zero-order chi connectivity index (χ0) is 16.9. The first-order valence-electron chi connectivity index (χ1n) is 9.05. The Morgan fingerprint density at radius 3 is 2.56 bits per heavy atom. The lowest BCUT2D eigenvalue weighted by Gasteiger charge is -2.34. The van der Waals surface area contributed by atoms with Crippen molar-refractivity contribution in [2.45, 2.75) is 26.3 Å². The first kappa shape index (κ1) is 20.2. The molecule has 0 amide bonds. The fourth-order valence-corrected chi connectivity index (χ4v) is 3.36. The van der Waals surface area contributed by atoms with Gasteiger partial charge in [-0.1, -0.05) is 13.0 Å². The maximum Gasteiger partial charge on any atom is 0.191 e. The van der Waals surface area contributed by atoms with Crippen LogP contribution in [0.4, 0.5) is 5.82 Å². The lowest BCUT2D eigenvalue weighted by molar-refractivity contribution is 0.277. The summed E-state index contributed by atoms with van der Waals surface area (Å²) in [6.07, 6.45) is 4.28. The fourth-order valence-electron chi connectivity index (χ4n) is 3.36. The standard InChI is InChI=1S/C18H30N6.HI/c1-15-5-8-24(9-6-15)18(19)21-14-16-4-3-7-20-17(16)23-12-10-22(2)11-13-23;/h3-4,7,15H,5-6,8-14H2,1-2H3,(H2,19,21);1H. The molecule has 140 valence electrons. The highest BCUT2D eigenvalue weighted by atomic mass is 127. The van der Waals surface area contributed by atoms with Crippen molar-refractivity contribution in [1.29, 1.82) is 0 Å². The average molecular weight is 458 g/mol. The highest BCUT2D eigenvalue weighted by molar-refractivity contribution is 14.0. The van der Waals surface area contributed by atoms with Gasteiger partial charge in [0, 0.05) is 51.0 Å². The number of aliphatic imine (C=N–C) groups is 1. The molecular formula is C18H31IN6. The molecule has 2 N–H and O–H groups in total. The topological polar surface area (TPSA) is 61.0 Å². The molecule has 2 aliphatic heterocycles. The Kier molecular flexibility index (Phi) is 7.74. The second kappa shape index (κ2) is 9.56. The van der Waals surface area contributed by atoms with E-state index in [9.17, 15) is 0 Å². The van der Waals surface area contributed by atoms with E-state index in [0.29, 0.717) is 12.5 Å². The van der Waals surface area contributed by atoms with Crippen LogP contribution in [0, 0.1) is 5.92 Å². The molecule has 6 nitrogen and oxygen atoms in total. The van der Waals surface area contributed by atoms with Crippen molar-refractivity contribution in [2.24, 2.45) is 16.6 Å². The van der Waals surface area contributed by atoms with Crippen molar-refractivity contribution in [3.05, 3.63) is 23.9 Å². The monoisotopic (exact) mass is 458 g/mol. The number of anilines is 1. The van der Waals surface area contributed by atoms with Gasteiger partial charge in [0.25, 0.3) is 0 Å². The van der Waals surface area contributed by atoms with Crippen molar-refractivity contribution < 1.29 is 0 Å². The summed E-state index contributed by atoms with van der Waals surface area (Å²) in [5, 5.41) is 0. The lowest BCUT2D eigenvalue weighted by atomic mass is 10.00. The van der Waals surface area contributed by atoms with E-state index in [2.05, 4.69) is 44.7 Å². The lowest BCUT2D eigenvalue weighted by Crippen LogP contribution is -2.45. The van der Waals surface area contributed by atoms with Crippen molar-refractivity contribution in [2.75, 3.05) is 51.2 Å². The van der Waals surface area contributed by atoms with Gasteiger partial charge in [-0.25, -0.2) is 9.98 Å². The normalized spacial score (nSPS) is 20.5. The summed E-state index contributed by atoms with van der Waals surface area (Å²) in [5.74, 6) is 2.54. The minimum absolute atomic E-state index is 0. The number of nitrogens with zero attached hydrogens (tertiary/aromatic N) is 5. The second-order valence-corrected chi connectivity index (χ2v) is 7.12. The number of pyridine rings is 1. The molecule has 0 spiro atoms. The Hall–Kier alpha value is -1.09. The van der Waals surface area contributed by atoms with Crippen molar-refractivity contribution in [3.8, 4) is 0 Å². The number of rotatable bonds is 3. The Morgan fingerprint density at radius 2 is 1.88 bits per heavy atom. The number of likely N-dealkylation sites (N-methyl/N-ethyl adjacent to an activating group) is 1. The molecule has 2 fully saturated rings. The van der Waals surface area contributed by atoms with E-state index < -0.39 is 0 Å².